The highest BCUT2D eigenvalue weighted by Crippen LogP contribution is 2.39. The van der Waals surface area contributed by atoms with Crippen LogP contribution in [-0.4, -0.2) is 82.0 Å². The summed E-state index contributed by atoms with van der Waals surface area (Å²) in [7, 11) is 0. The van der Waals surface area contributed by atoms with Crippen molar-refractivity contribution in [2.75, 3.05) is 11.1 Å². The molecular formula is C49H55Cl6N11O9. The minimum atomic E-state index is -1.84. The molecule has 0 unspecified atom stereocenters. The molecule has 0 spiro atoms. The summed E-state index contributed by atoms with van der Waals surface area (Å²) in [4.78, 5) is 77.9. The van der Waals surface area contributed by atoms with Gasteiger partial charge in [0.2, 0.25) is 17.6 Å². The van der Waals surface area contributed by atoms with Crippen LogP contribution in [0, 0.1) is 0 Å². The molecule has 0 bridgehead atoms. The minimum Gasteiger partial charge on any atom is -0.443 e. The van der Waals surface area contributed by atoms with Crippen LogP contribution in [0.5, 0.6) is 0 Å². The lowest BCUT2D eigenvalue weighted by Crippen LogP contribution is -2.43. The van der Waals surface area contributed by atoms with Crippen LogP contribution in [0.2, 0.25) is 0 Å². The zero-order valence-electron chi connectivity index (χ0n) is 42.4. The Hall–Kier alpha value is -6.16. The van der Waals surface area contributed by atoms with Crippen molar-refractivity contribution in [2.24, 2.45) is 0 Å². The number of alkyl halides is 6. The number of nitrogens with zero attached hydrogens (tertiary/aromatic N) is 7. The number of halogens is 6. The Bertz CT molecular complexity index is 3000. The third-order valence-electron chi connectivity index (χ3n) is 9.53. The van der Waals surface area contributed by atoms with Crippen LogP contribution >= 0.6 is 69.6 Å². The average molecular weight is 1150 g/mol. The second-order valence-corrected chi connectivity index (χ2v) is 23.8. The average Bonchev–Trinajstić information content (AvgIpc) is 4.00. The molecule has 75 heavy (non-hydrogen) atoms. The van der Waals surface area contributed by atoms with Gasteiger partial charge in [0, 0.05) is 46.6 Å². The van der Waals surface area contributed by atoms with E-state index >= 15 is 0 Å². The number of benzene rings is 3. The summed E-state index contributed by atoms with van der Waals surface area (Å²) in [6.45, 7) is 17.5. The molecule has 0 radical (unpaired) electrons. The molecule has 26 heteroatoms. The van der Waals surface area contributed by atoms with Crippen LogP contribution < -0.4 is 27.2 Å². The number of carbonyl (C=O) groups excluding carboxylic acids is 4. The number of anilines is 2. The van der Waals surface area contributed by atoms with Gasteiger partial charge in [-0.15, -0.1) is 0 Å². The second-order valence-electron chi connectivity index (χ2n) is 19.2. The summed E-state index contributed by atoms with van der Waals surface area (Å²) in [6, 6.07) is 18.4. The number of aromatic nitrogens is 6. The smallest absolute Gasteiger partial charge is 0.420 e. The third kappa shape index (κ3) is 18.0. The maximum absolute atomic E-state index is 13.5. The number of nitrogen functional groups attached to an aromatic ring is 1. The quantitative estimate of drug-likeness (QED) is 0.0618. The predicted octanol–water partition coefficient (Wildman–Crippen LogP) is 10.9. The van der Waals surface area contributed by atoms with Crippen LogP contribution in [0.25, 0.3) is 34.0 Å². The van der Waals surface area contributed by atoms with Gasteiger partial charge in [0.05, 0.1) is 18.4 Å². The Morgan fingerprint density at radius 1 is 0.707 bits per heavy atom. The molecule has 0 atom stereocenters. The monoisotopic (exact) mass is 1150 g/mol. The molecule has 4 amide bonds. The van der Waals surface area contributed by atoms with Gasteiger partial charge in [0.25, 0.3) is 30.8 Å². The lowest BCUT2D eigenvalue weighted by atomic mass is 10.1. The number of rotatable bonds is 13. The van der Waals surface area contributed by atoms with E-state index in [2.05, 4.69) is 41.2 Å². The zero-order chi connectivity index (χ0) is 55.8. The standard InChI is InChI=1S/C29H31Cl3N8O4.C20H24Cl3N3O5/c1-15(2)36-25-27(43)40(22(13-35-25)19-9-20(11-21(33)10-19)26(42)37-16(3)4)14-23(41)34-12-17-5-7-18(8-6-17)24-38-28(44-39-24)29(30,31)32;1-18(2,3)29-16(27)26(17(28)30-19(4,5)6)11-12-7-9-13(10-8-12)14-24-15(31-25-14)20(21,22)23/h5-11,13,15-16H,12,14,33H2,1-4H3,(H,34,41)(H,35,36)(H,37,42);7-10H,11H2,1-6H3. The molecule has 6 rings (SSSR count). The molecule has 3 aromatic heterocycles. The predicted molar refractivity (Wildman–Crippen MR) is 288 cm³/mol. The highest BCUT2D eigenvalue weighted by Gasteiger charge is 2.33. The second kappa shape index (κ2) is 24.7. The molecule has 0 fully saturated rings. The van der Waals surface area contributed by atoms with Gasteiger partial charge in [-0.05, 0) is 98.6 Å². The molecule has 20 nitrogen and oxygen atoms in total. The molecule has 0 saturated heterocycles. The first-order chi connectivity index (χ1) is 34.8. The Morgan fingerprint density at radius 2 is 1.20 bits per heavy atom. The van der Waals surface area contributed by atoms with Crippen molar-refractivity contribution in [3.63, 3.8) is 0 Å². The van der Waals surface area contributed by atoms with E-state index in [9.17, 15) is 24.0 Å². The molecule has 0 aliphatic heterocycles. The van der Waals surface area contributed by atoms with Crippen molar-refractivity contribution in [3.8, 4) is 34.0 Å². The Balaban J connectivity index is 0.000000295. The van der Waals surface area contributed by atoms with Gasteiger partial charge in [-0.3, -0.25) is 19.0 Å². The summed E-state index contributed by atoms with van der Waals surface area (Å²) in [5.74, 6) is -0.494. The van der Waals surface area contributed by atoms with Crippen molar-refractivity contribution in [1.82, 2.24) is 45.4 Å². The van der Waals surface area contributed by atoms with E-state index in [0.717, 1.165) is 10.5 Å². The van der Waals surface area contributed by atoms with Crippen LogP contribution in [0.4, 0.5) is 21.1 Å². The largest absolute Gasteiger partial charge is 0.443 e. The summed E-state index contributed by atoms with van der Waals surface area (Å²) in [5, 5.41) is 16.3. The topological polar surface area (TPSA) is 265 Å². The number of hydrogen-bond donors (Lipinski definition) is 4. The van der Waals surface area contributed by atoms with Gasteiger partial charge in [0.15, 0.2) is 5.82 Å². The summed E-state index contributed by atoms with van der Waals surface area (Å²) in [5.41, 5.74) is 8.10. The van der Waals surface area contributed by atoms with E-state index in [1.165, 1.54) is 10.8 Å². The number of nitrogens with two attached hydrogens (primary N) is 1. The minimum absolute atomic E-state index is 0.0598. The molecule has 3 aromatic carbocycles. The molecule has 0 aliphatic rings. The maximum Gasteiger partial charge on any atom is 0.420 e. The van der Waals surface area contributed by atoms with Crippen LogP contribution in [0.15, 0.2) is 86.8 Å². The number of amides is 4. The lowest BCUT2D eigenvalue weighted by Gasteiger charge is -2.28. The van der Waals surface area contributed by atoms with Crippen molar-refractivity contribution in [1.29, 1.82) is 0 Å². The van der Waals surface area contributed by atoms with Gasteiger partial charge in [0.1, 0.15) is 17.7 Å². The van der Waals surface area contributed by atoms with Gasteiger partial charge in [-0.25, -0.2) is 19.5 Å². The van der Waals surface area contributed by atoms with Crippen LogP contribution in [-0.2, 0) is 41.5 Å². The highest BCUT2D eigenvalue weighted by molar-refractivity contribution is 6.66. The van der Waals surface area contributed by atoms with E-state index in [1.54, 1.807) is 108 Å². The fourth-order valence-corrected chi connectivity index (χ4v) is 6.85. The first-order valence-corrected chi connectivity index (χ1v) is 25.1. The van der Waals surface area contributed by atoms with Gasteiger partial charge >= 0.3 is 12.2 Å². The molecule has 402 valence electrons. The van der Waals surface area contributed by atoms with Gasteiger partial charge in [-0.2, -0.15) is 9.97 Å². The third-order valence-corrected chi connectivity index (χ3v) is 10.5. The van der Waals surface area contributed by atoms with Gasteiger partial charge in [-0.1, -0.05) is 128 Å². The Morgan fingerprint density at radius 3 is 1.64 bits per heavy atom. The molecular weight excluding hydrogens is 1100 g/mol. The number of carbonyl (C=O) groups is 4. The van der Waals surface area contributed by atoms with Crippen molar-refractivity contribution in [2.45, 2.75) is 120 Å². The fraction of sp³-hybridized carbons (Fsp3) is 0.388. The van der Waals surface area contributed by atoms with E-state index in [4.69, 9.17) is 93.9 Å². The van der Waals surface area contributed by atoms with E-state index in [1.807, 2.05) is 27.7 Å². The molecule has 3 heterocycles. The van der Waals surface area contributed by atoms with Crippen molar-refractivity contribution >= 4 is 105 Å². The van der Waals surface area contributed by atoms with Crippen molar-refractivity contribution < 1.29 is 37.7 Å². The molecule has 0 saturated carbocycles. The van der Waals surface area contributed by atoms with E-state index in [0.29, 0.717) is 39.2 Å². The summed E-state index contributed by atoms with van der Waals surface area (Å²) >= 11 is 34.6. The molecule has 0 aliphatic carbocycles. The van der Waals surface area contributed by atoms with E-state index in [-0.39, 0.29) is 66.9 Å². The number of nitrogens with one attached hydrogen (secondary N) is 3. The Labute approximate surface area is 462 Å². The normalized spacial score (nSPS) is 11.9. The summed E-state index contributed by atoms with van der Waals surface area (Å²) < 4.78 is 18.3. The molecule has 5 N–H and O–H groups in total. The van der Waals surface area contributed by atoms with Crippen molar-refractivity contribution in [3.05, 3.63) is 112 Å². The Kier molecular flexibility index (Phi) is 19.6. The summed E-state index contributed by atoms with van der Waals surface area (Å²) in [6.07, 6.45) is -0.143. The lowest BCUT2D eigenvalue weighted by molar-refractivity contribution is -0.121. The zero-order valence-corrected chi connectivity index (χ0v) is 46.9. The fourth-order valence-electron chi connectivity index (χ4n) is 6.39. The first kappa shape index (κ1) is 59.7. The number of ether oxygens (including phenoxy) is 2. The number of imide groups is 1. The van der Waals surface area contributed by atoms with Crippen LogP contribution in [0.1, 0.15) is 103 Å². The first-order valence-electron chi connectivity index (χ1n) is 22.8. The molecule has 6 aromatic rings. The van der Waals surface area contributed by atoms with Crippen LogP contribution in [0.3, 0.4) is 0 Å². The highest BCUT2D eigenvalue weighted by atomic mass is 35.6. The van der Waals surface area contributed by atoms with E-state index < -0.39 is 42.4 Å². The SMILES string of the molecule is CC(C)(C)OC(=O)N(Cc1ccc(-c2noc(C(Cl)(Cl)Cl)n2)cc1)C(=O)OC(C)(C)C.CC(C)NC(=O)c1cc(N)cc(-c2cnc(NC(C)C)c(=O)n2CC(=O)NCc2ccc(-c3noc(C(Cl)(Cl)Cl)n3)cc2)c1. The maximum atomic E-state index is 13.5. The van der Waals surface area contributed by atoms with Gasteiger partial charge < -0.3 is 40.2 Å². The number of hydrogen-bond acceptors (Lipinski definition) is 16.